The van der Waals surface area contributed by atoms with Crippen molar-refractivity contribution in [1.82, 2.24) is 4.98 Å². The van der Waals surface area contributed by atoms with Crippen molar-refractivity contribution >= 4 is 0 Å². The van der Waals surface area contributed by atoms with E-state index < -0.39 is 17.9 Å². The van der Waals surface area contributed by atoms with Crippen LogP contribution >= 0.6 is 0 Å². The molecule has 2 nitrogen and oxygen atoms in total. The third-order valence-corrected chi connectivity index (χ3v) is 1.55. The molecule has 0 radical (unpaired) electrons. The number of hydrogen-bond donors (Lipinski definition) is 0. The highest BCUT2D eigenvalue weighted by Gasteiger charge is 2.17. The standard InChI is InChI=1S/C8H8F3NO/c1-4-3-5(9)6(7(10)11)12-8(4)13-2/h3,7H,1-2H3. The molecule has 0 spiro atoms. The Morgan fingerprint density at radius 2 is 2.08 bits per heavy atom. The zero-order valence-electron chi connectivity index (χ0n) is 7.14. The van der Waals surface area contributed by atoms with E-state index in [2.05, 4.69) is 9.72 Å². The number of rotatable bonds is 2. The maximum atomic E-state index is 12.8. The topological polar surface area (TPSA) is 22.1 Å². The number of aryl methyl sites for hydroxylation is 1. The maximum Gasteiger partial charge on any atom is 0.283 e. The lowest BCUT2D eigenvalue weighted by Crippen LogP contribution is -2.00. The quantitative estimate of drug-likeness (QED) is 0.716. The molecule has 1 heterocycles. The van der Waals surface area contributed by atoms with Crippen LogP contribution in [0, 0.1) is 12.7 Å². The Bertz CT molecular complexity index is 315. The lowest BCUT2D eigenvalue weighted by Gasteiger charge is -2.06. The van der Waals surface area contributed by atoms with Crippen molar-refractivity contribution in [2.75, 3.05) is 7.11 Å². The molecule has 0 aliphatic carbocycles. The summed E-state index contributed by atoms with van der Waals surface area (Å²) < 4.78 is 41.7. The van der Waals surface area contributed by atoms with Crippen LogP contribution in [0.4, 0.5) is 13.2 Å². The molecule has 1 aromatic heterocycles. The van der Waals surface area contributed by atoms with E-state index in [4.69, 9.17) is 0 Å². The molecule has 0 saturated carbocycles. The first-order valence-corrected chi connectivity index (χ1v) is 3.55. The largest absolute Gasteiger partial charge is 0.481 e. The van der Waals surface area contributed by atoms with Gasteiger partial charge in [-0.25, -0.2) is 18.2 Å². The van der Waals surface area contributed by atoms with Crippen LogP contribution < -0.4 is 4.74 Å². The summed E-state index contributed by atoms with van der Waals surface area (Å²) in [5.74, 6) is -0.981. The number of nitrogens with zero attached hydrogens (tertiary/aromatic N) is 1. The minimum atomic E-state index is -2.92. The molecule has 0 atom stereocenters. The fraction of sp³-hybridized carbons (Fsp3) is 0.375. The first-order chi connectivity index (χ1) is 6.06. The van der Waals surface area contributed by atoms with Crippen molar-refractivity contribution in [1.29, 1.82) is 0 Å². The third-order valence-electron chi connectivity index (χ3n) is 1.55. The van der Waals surface area contributed by atoms with E-state index in [1.807, 2.05) is 0 Å². The fourth-order valence-corrected chi connectivity index (χ4v) is 0.936. The molecule has 0 N–H and O–H groups in total. The highest BCUT2D eigenvalue weighted by atomic mass is 19.3. The van der Waals surface area contributed by atoms with Crippen LogP contribution in [0.25, 0.3) is 0 Å². The molecule has 0 aliphatic rings. The Labute approximate surface area is 73.4 Å². The number of methoxy groups -OCH3 is 1. The van der Waals surface area contributed by atoms with E-state index >= 15 is 0 Å². The smallest absolute Gasteiger partial charge is 0.283 e. The van der Waals surface area contributed by atoms with Crippen molar-refractivity contribution in [3.05, 3.63) is 23.1 Å². The van der Waals surface area contributed by atoms with Gasteiger partial charge in [-0.15, -0.1) is 0 Å². The minimum absolute atomic E-state index is 0.0247. The van der Waals surface area contributed by atoms with Gasteiger partial charge in [-0.3, -0.25) is 0 Å². The van der Waals surface area contributed by atoms with E-state index in [1.54, 1.807) is 0 Å². The molecule has 0 aromatic carbocycles. The summed E-state index contributed by atoms with van der Waals surface area (Å²) >= 11 is 0. The van der Waals surface area contributed by atoms with Crippen LogP contribution in [0.2, 0.25) is 0 Å². The maximum absolute atomic E-state index is 12.8. The Morgan fingerprint density at radius 3 is 2.54 bits per heavy atom. The zero-order chi connectivity index (χ0) is 10.0. The number of pyridine rings is 1. The molecule has 13 heavy (non-hydrogen) atoms. The normalized spacial score (nSPS) is 10.6. The van der Waals surface area contributed by atoms with Gasteiger partial charge in [0.2, 0.25) is 5.88 Å². The summed E-state index contributed by atoms with van der Waals surface area (Å²) in [5.41, 5.74) is -0.480. The van der Waals surface area contributed by atoms with Gasteiger partial charge in [0.05, 0.1) is 7.11 Å². The second-order valence-electron chi connectivity index (χ2n) is 2.48. The molecule has 1 aromatic rings. The van der Waals surface area contributed by atoms with Crippen molar-refractivity contribution in [2.24, 2.45) is 0 Å². The van der Waals surface area contributed by atoms with Gasteiger partial charge in [-0.1, -0.05) is 0 Å². The number of alkyl halides is 2. The van der Waals surface area contributed by atoms with Crippen LogP contribution in [-0.4, -0.2) is 12.1 Å². The molecular formula is C8H8F3NO. The molecule has 0 amide bonds. The summed E-state index contributed by atoms with van der Waals surface area (Å²) in [6.45, 7) is 1.53. The van der Waals surface area contributed by atoms with E-state index in [9.17, 15) is 13.2 Å². The molecule has 1 rings (SSSR count). The average Bonchev–Trinajstić information content (AvgIpc) is 2.03. The number of aromatic nitrogens is 1. The van der Waals surface area contributed by atoms with Crippen molar-refractivity contribution < 1.29 is 17.9 Å². The van der Waals surface area contributed by atoms with Crippen LogP contribution in [0.1, 0.15) is 17.7 Å². The van der Waals surface area contributed by atoms with E-state index in [-0.39, 0.29) is 5.88 Å². The molecule has 0 bridgehead atoms. The van der Waals surface area contributed by atoms with E-state index in [0.29, 0.717) is 5.56 Å². The van der Waals surface area contributed by atoms with E-state index in [0.717, 1.165) is 6.07 Å². The first-order valence-electron chi connectivity index (χ1n) is 3.55. The average molecular weight is 191 g/mol. The predicted molar refractivity (Wildman–Crippen MR) is 40.4 cm³/mol. The SMILES string of the molecule is COc1nc(C(F)F)c(F)cc1C. The highest BCUT2D eigenvalue weighted by Crippen LogP contribution is 2.24. The summed E-state index contributed by atoms with van der Waals surface area (Å²) in [6.07, 6.45) is -2.92. The van der Waals surface area contributed by atoms with Crippen LogP contribution in [-0.2, 0) is 0 Å². The summed E-state index contributed by atoms with van der Waals surface area (Å²) in [6, 6.07) is 0.979. The Morgan fingerprint density at radius 1 is 1.46 bits per heavy atom. The van der Waals surface area contributed by atoms with Gasteiger partial charge in [-0.2, -0.15) is 0 Å². The molecule has 0 unspecified atom stereocenters. The summed E-state index contributed by atoms with van der Waals surface area (Å²) in [4.78, 5) is 3.34. The first kappa shape index (κ1) is 9.83. The van der Waals surface area contributed by atoms with E-state index in [1.165, 1.54) is 14.0 Å². The zero-order valence-corrected chi connectivity index (χ0v) is 7.14. The summed E-state index contributed by atoms with van der Waals surface area (Å²) in [5, 5.41) is 0. The van der Waals surface area contributed by atoms with Crippen LogP contribution in [0.5, 0.6) is 5.88 Å². The predicted octanol–water partition coefficient (Wildman–Crippen LogP) is 2.48. The number of ether oxygens (including phenoxy) is 1. The Hall–Kier alpha value is -1.26. The van der Waals surface area contributed by atoms with Gasteiger partial charge < -0.3 is 4.74 Å². The monoisotopic (exact) mass is 191 g/mol. The Kier molecular flexibility index (Phi) is 2.75. The van der Waals surface area contributed by atoms with Gasteiger partial charge >= 0.3 is 0 Å². The molecule has 72 valence electrons. The van der Waals surface area contributed by atoms with Crippen molar-refractivity contribution in [3.8, 4) is 5.88 Å². The fourth-order valence-electron chi connectivity index (χ4n) is 0.936. The second-order valence-corrected chi connectivity index (χ2v) is 2.48. The minimum Gasteiger partial charge on any atom is -0.481 e. The highest BCUT2D eigenvalue weighted by molar-refractivity contribution is 5.28. The third kappa shape index (κ3) is 1.91. The van der Waals surface area contributed by atoms with Crippen LogP contribution in [0.3, 0.4) is 0 Å². The van der Waals surface area contributed by atoms with Crippen LogP contribution in [0.15, 0.2) is 6.07 Å². The van der Waals surface area contributed by atoms with Gasteiger partial charge in [0.1, 0.15) is 5.69 Å². The van der Waals surface area contributed by atoms with Gasteiger partial charge in [0.25, 0.3) is 6.43 Å². The molecule has 0 aliphatic heterocycles. The van der Waals surface area contributed by atoms with Crippen molar-refractivity contribution in [3.63, 3.8) is 0 Å². The number of halogens is 3. The molecule has 0 saturated heterocycles. The van der Waals surface area contributed by atoms with Gasteiger partial charge in [-0.05, 0) is 13.0 Å². The lowest BCUT2D eigenvalue weighted by molar-refractivity contribution is 0.139. The second kappa shape index (κ2) is 3.64. The lowest BCUT2D eigenvalue weighted by atomic mass is 10.2. The molecule has 0 fully saturated rings. The summed E-state index contributed by atoms with van der Waals surface area (Å²) in [7, 11) is 1.29. The molecule has 5 heteroatoms. The Balaban J connectivity index is 3.22. The van der Waals surface area contributed by atoms with Crippen molar-refractivity contribution in [2.45, 2.75) is 13.3 Å². The van der Waals surface area contributed by atoms with Gasteiger partial charge in [0, 0.05) is 5.56 Å². The number of hydrogen-bond acceptors (Lipinski definition) is 2. The molecular weight excluding hydrogens is 183 g/mol. The van der Waals surface area contributed by atoms with Gasteiger partial charge in [0.15, 0.2) is 5.82 Å².